The zero-order chi connectivity index (χ0) is 29.0. The highest BCUT2D eigenvalue weighted by molar-refractivity contribution is 6.14. The van der Waals surface area contributed by atoms with Crippen molar-refractivity contribution in [3.05, 3.63) is 95.8 Å². The molecule has 5 rings (SSSR count). The minimum atomic E-state index is -0.578. The summed E-state index contributed by atoms with van der Waals surface area (Å²) >= 11 is 0. The van der Waals surface area contributed by atoms with E-state index in [1.807, 2.05) is 98.6 Å². The highest BCUT2D eigenvalue weighted by Gasteiger charge is 2.38. The van der Waals surface area contributed by atoms with E-state index in [9.17, 15) is 4.79 Å². The molecule has 0 radical (unpaired) electrons. The maximum atomic E-state index is 13.2. The van der Waals surface area contributed by atoms with Crippen LogP contribution in [0.1, 0.15) is 56.3 Å². The first-order valence-electron chi connectivity index (χ1n) is 13.9. The smallest absolute Gasteiger partial charge is 0.410 e. The van der Waals surface area contributed by atoms with Crippen LogP contribution >= 0.6 is 0 Å². The first kappa shape index (κ1) is 28.1. The molecule has 1 amide bonds. The van der Waals surface area contributed by atoms with Crippen LogP contribution in [-0.4, -0.2) is 58.2 Å². The summed E-state index contributed by atoms with van der Waals surface area (Å²) in [6, 6.07) is 22.1. The zero-order valence-electron chi connectivity index (χ0n) is 24.1. The van der Waals surface area contributed by atoms with Crippen molar-refractivity contribution in [2.24, 2.45) is 4.99 Å². The zero-order valence-corrected chi connectivity index (χ0v) is 24.1. The number of methoxy groups -OCH3 is 1. The van der Waals surface area contributed by atoms with E-state index in [1.54, 1.807) is 13.3 Å². The minimum Gasteiger partial charge on any atom is -0.444 e. The number of likely N-dealkylation sites (tertiary alicyclic amines) is 1. The number of pyridine rings is 1. The van der Waals surface area contributed by atoms with Crippen molar-refractivity contribution >= 4 is 28.5 Å². The third-order valence-electron chi connectivity index (χ3n) is 7.26. The average molecular weight is 549 g/mol. The van der Waals surface area contributed by atoms with Crippen LogP contribution in [0.3, 0.4) is 0 Å². The van der Waals surface area contributed by atoms with Gasteiger partial charge in [-0.15, -0.1) is 6.42 Å². The third-order valence-corrected chi connectivity index (χ3v) is 7.26. The van der Waals surface area contributed by atoms with Crippen LogP contribution in [0.4, 0.5) is 10.6 Å². The molecule has 4 aromatic rings. The fourth-order valence-corrected chi connectivity index (χ4v) is 5.44. The Morgan fingerprint density at radius 2 is 1.73 bits per heavy atom. The Labute approximate surface area is 241 Å². The number of rotatable bonds is 7. The number of nitrogens with zero attached hydrogens (tertiary/aromatic N) is 4. The number of carbonyl (C=O) groups is 1. The van der Waals surface area contributed by atoms with Gasteiger partial charge in [0.1, 0.15) is 5.60 Å². The Kier molecular flexibility index (Phi) is 8.23. The van der Waals surface area contributed by atoms with Crippen molar-refractivity contribution in [3.8, 4) is 12.3 Å². The molecule has 0 N–H and O–H groups in total. The average Bonchev–Trinajstić information content (AvgIpc) is 3.57. The standard InChI is InChI=1S/C34H36N4O3/c1-6-24-22-37(28-21-27(18-20-40-5)38(23-28)33(39)41-34(2,3)4)29-17-19-35-32(30(24)29)36-31(25-13-9-7-10-14-25)26-15-11-8-12-16-26/h1,7-17,19,22,27-28H,18,20-21,23H2,2-5H3/t27-,28?/m0/s1. The highest BCUT2D eigenvalue weighted by Crippen LogP contribution is 2.37. The van der Waals surface area contributed by atoms with Gasteiger partial charge in [-0.05, 0) is 39.7 Å². The molecule has 1 unspecified atom stereocenters. The van der Waals surface area contributed by atoms with Crippen molar-refractivity contribution in [3.63, 3.8) is 0 Å². The van der Waals surface area contributed by atoms with Crippen molar-refractivity contribution in [1.82, 2.24) is 14.5 Å². The second-order valence-corrected chi connectivity index (χ2v) is 11.3. The van der Waals surface area contributed by atoms with Crippen LogP contribution < -0.4 is 0 Å². The number of carbonyl (C=O) groups excluding carboxylic acids is 1. The van der Waals surface area contributed by atoms with Crippen molar-refractivity contribution < 1.29 is 14.3 Å². The molecule has 1 fully saturated rings. The predicted molar refractivity (Wildman–Crippen MR) is 163 cm³/mol. The maximum Gasteiger partial charge on any atom is 0.410 e. The molecule has 210 valence electrons. The van der Waals surface area contributed by atoms with E-state index >= 15 is 0 Å². The van der Waals surface area contributed by atoms with Gasteiger partial charge < -0.3 is 18.9 Å². The van der Waals surface area contributed by atoms with Gasteiger partial charge in [0.05, 0.1) is 28.2 Å². The number of benzene rings is 2. The van der Waals surface area contributed by atoms with Gasteiger partial charge in [0, 0.05) is 49.8 Å². The molecule has 3 heterocycles. The molecule has 0 bridgehead atoms. The Balaban J connectivity index is 1.58. The lowest BCUT2D eigenvalue weighted by Crippen LogP contribution is -2.40. The molecular weight excluding hydrogens is 512 g/mol. The van der Waals surface area contributed by atoms with Crippen molar-refractivity contribution in [2.45, 2.75) is 51.3 Å². The lowest BCUT2D eigenvalue weighted by Gasteiger charge is -2.28. The van der Waals surface area contributed by atoms with Crippen LogP contribution in [0.15, 0.2) is 84.1 Å². The largest absolute Gasteiger partial charge is 0.444 e. The fourth-order valence-electron chi connectivity index (χ4n) is 5.44. The van der Waals surface area contributed by atoms with E-state index < -0.39 is 5.60 Å². The van der Waals surface area contributed by atoms with Gasteiger partial charge >= 0.3 is 6.09 Å². The van der Waals surface area contributed by atoms with E-state index in [4.69, 9.17) is 20.9 Å². The summed E-state index contributed by atoms with van der Waals surface area (Å²) in [6.45, 7) is 6.72. The second kappa shape index (κ2) is 12.0. The first-order chi connectivity index (χ1) is 19.8. The van der Waals surface area contributed by atoms with E-state index in [-0.39, 0.29) is 18.2 Å². The lowest BCUT2D eigenvalue weighted by atomic mass is 10.0. The van der Waals surface area contributed by atoms with Crippen LogP contribution in [0.25, 0.3) is 10.9 Å². The summed E-state index contributed by atoms with van der Waals surface area (Å²) in [4.78, 5) is 24.8. The van der Waals surface area contributed by atoms with Crippen molar-refractivity contribution in [2.75, 3.05) is 20.3 Å². The van der Waals surface area contributed by atoms with Gasteiger partial charge in [-0.1, -0.05) is 66.6 Å². The summed E-state index contributed by atoms with van der Waals surface area (Å²) in [6.07, 6.45) is 11.0. The number of hydrogen-bond acceptors (Lipinski definition) is 5. The van der Waals surface area contributed by atoms with Crippen LogP contribution in [0.5, 0.6) is 0 Å². The summed E-state index contributed by atoms with van der Waals surface area (Å²) < 4.78 is 13.3. The number of aromatic nitrogens is 2. The molecule has 0 spiro atoms. The van der Waals surface area contributed by atoms with Gasteiger partial charge in [0.25, 0.3) is 0 Å². The molecule has 7 nitrogen and oxygen atoms in total. The molecule has 0 aliphatic carbocycles. The normalized spacial score (nSPS) is 16.9. The Morgan fingerprint density at radius 1 is 1.07 bits per heavy atom. The molecule has 7 heteroatoms. The van der Waals surface area contributed by atoms with Crippen LogP contribution in [-0.2, 0) is 9.47 Å². The Hall–Kier alpha value is -4.41. The maximum absolute atomic E-state index is 13.2. The number of hydrogen-bond donors (Lipinski definition) is 0. The molecule has 2 aromatic heterocycles. The van der Waals surface area contributed by atoms with Gasteiger partial charge in [0.2, 0.25) is 0 Å². The number of fused-ring (bicyclic) bond motifs is 1. The summed E-state index contributed by atoms with van der Waals surface area (Å²) in [5, 5.41) is 0.823. The van der Waals surface area contributed by atoms with E-state index in [1.165, 1.54) is 0 Å². The van der Waals surface area contributed by atoms with E-state index in [2.05, 4.69) is 15.5 Å². The first-order valence-corrected chi connectivity index (χ1v) is 13.9. The predicted octanol–water partition coefficient (Wildman–Crippen LogP) is 6.77. The number of ether oxygens (including phenoxy) is 2. The quantitative estimate of drug-likeness (QED) is 0.189. The lowest BCUT2D eigenvalue weighted by molar-refractivity contribution is 0.0198. The van der Waals surface area contributed by atoms with Crippen molar-refractivity contribution in [1.29, 1.82) is 0 Å². The number of amides is 1. The topological polar surface area (TPSA) is 69.0 Å². The molecular formula is C34H36N4O3. The SMILES string of the molecule is C#Cc1cn(C2C[C@H](CCOC)N(C(=O)OC(C)(C)C)C2)c2ccnc(N=C(c3ccccc3)c3ccccc3)c12. The second-order valence-electron chi connectivity index (χ2n) is 11.3. The van der Waals surface area contributed by atoms with Crippen LogP contribution in [0.2, 0.25) is 0 Å². The summed E-state index contributed by atoms with van der Waals surface area (Å²) in [5.41, 5.74) is 3.88. The number of terminal acetylenes is 1. The summed E-state index contributed by atoms with van der Waals surface area (Å²) in [7, 11) is 1.68. The molecule has 2 aromatic carbocycles. The third kappa shape index (κ3) is 6.18. The Morgan fingerprint density at radius 3 is 2.32 bits per heavy atom. The van der Waals surface area contributed by atoms with E-state index in [0.717, 1.165) is 46.1 Å². The molecule has 1 aliphatic heterocycles. The minimum absolute atomic E-state index is 0.0101. The van der Waals surface area contributed by atoms with Gasteiger partial charge in [-0.3, -0.25) is 0 Å². The molecule has 1 saturated heterocycles. The monoisotopic (exact) mass is 548 g/mol. The molecule has 1 aliphatic rings. The van der Waals surface area contributed by atoms with Crippen LogP contribution in [0, 0.1) is 12.3 Å². The molecule has 2 atom stereocenters. The van der Waals surface area contributed by atoms with E-state index in [0.29, 0.717) is 19.0 Å². The van der Waals surface area contributed by atoms with Gasteiger partial charge in [0.15, 0.2) is 5.82 Å². The molecule has 0 saturated carbocycles. The Bertz CT molecular complexity index is 1540. The summed E-state index contributed by atoms with van der Waals surface area (Å²) in [5.74, 6) is 3.43. The fraction of sp³-hybridized carbons (Fsp3) is 0.324. The van der Waals surface area contributed by atoms with Gasteiger partial charge in [-0.25, -0.2) is 14.8 Å². The van der Waals surface area contributed by atoms with Gasteiger partial charge in [-0.2, -0.15) is 0 Å². The highest BCUT2D eigenvalue weighted by atomic mass is 16.6. The molecule has 41 heavy (non-hydrogen) atoms. The number of aliphatic imine (C=N–C) groups is 1.